The Labute approximate surface area is 201 Å². The molecule has 1 saturated heterocycles. The van der Waals surface area contributed by atoms with Gasteiger partial charge < -0.3 is 9.80 Å². The number of aryl methyl sites for hydroxylation is 1. The maximum Gasteiger partial charge on any atom is 0.251 e. The maximum atomic E-state index is 13.5. The van der Waals surface area contributed by atoms with E-state index in [0.717, 1.165) is 58.2 Å². The first-order chi connectivity index (χ1) is 16.9. The molecular formula is C25H26F2N8. The fourth-order valence-electron chi connectivity index (χ4n) is 4.93. The molecule has 4 aromatic heterocycles. The van der Waals surface area contributed by atoms with Crippen molar-refractivity contribution in [2.45, 2.75) is 45.6 Å². The van der Waals surface area contributed by atoms with Gasteiger partial charge in [0.1, 0.15) is 12.1 Å². The van der Waals surface area contributed by atoms with Crippen LogP contribution in [-0.4, -0.2) is 55.3 Å². The number of hydrogen-bond acceptors (Lipinski definition) is 7. The number of fused-ring (bicyclic) bond motifs is 2. The number of hydrogen-bond donors (Lipinski definition) is 0. The van der Waals surface area contributed by atoms with Gasteiger partial charge in [-0.2, -0.15) is 4.52 Å². The Morgan fingerprint density at radius 2 is 1.71 bits per heavy atom. The highest BCUT2D eigenvalue weighted by Gasteiger charge is 2.34. The normalized spacial score (nSPS) is 17.6. The summed E-state index contributed by atoms with van der Waals surface area (Å²) in [6, 6.07) is 6.08. The van der Waals surface area contributed by atoms with Gasteiger partial charge in [0.25, 0.3) is 5.92 Å². The minimum absolute atomic E-state index is 0.125. The second kappa shape index (κ2) is 8.21. The van der Waals surface area contributed by atoms with Crippen molar-refractivity contribution in [2.24, 2.45) is 0 Å². The Hall–Kier alpha value is -3.69. The molecule has 0 atom stereocenters. The average molecular weight is 477 g/mol. The third-order valence-electron chi connectivity index (χ3n) is 7.21. The van der Waals surface area contributed by atoms with Crippen LogP contribution < -0.4 is 9.80 Å². The third kappa shape index (κ3) is 3.96. The van der Waals surface area contributed by atoms with Crippen molar-refractivity contribution in [1.29, 1.82) is 0 Å². The molecule has 10 heteroatoms. The maximum absolute atomic E-state index is 13.5. The molecule has 180 valence electrons. The van der Waals surface area contributed by atoms with Gasteiger partial charge >= 0.3 is 0 Å². The van der Waals surface area contributed by atoms with Gasteiger partial charge in [-0.1, -0.05) is 0 Å². The molecule has 2 aliphatic heterocycles. The molecule has 0 radical (unpaired) electrons. The van der Waals surface area contributed by atoms with E-state index in [0.29, 0.717) is 19.6 Å². The molecule has 35 heavy (non-hydrogen) atoms. The molecule has 1 fully saturated rings. The molecule has 2 aliphatic rings. The molecule has 0 unspecified atom stereocenters. The minimum Gasteiger partial charge on any atom is -0.356 e. The summed E-state index contributed by atoms with van der Waals surface area (Å²) in [6.07, 6.45) is 5.92. The molecule has 0 saturated carbocycles. The lowest BCUT2D eigenvalue weighted by Crippen LogP contribution is -2.39. The van der Waals surface area contributed by atoms with Crippen LogP contribution in [0.1, 0.15) is 35.2 Å². The average Bonchev–Trinajstić information content (AvgIpc) is 3.35. The highest BCUT2D eigenvalue weighted by atomic mass is 19.3. The number of rotatable bonds is 3. The van der Waals surface area contributed by atoms with Crippen LogP contribution in [-0.2, 0) is 13.0 Å². The molecule has 8 nitrogen and oxygen atoms in total. The highest BCUT2D eigenvalue weighted by Crippen LogP contribution is 2.32. The third-order valence-corrected chi connectivity index (χ3v) is 7.21. The van der Waals surface area contributed by atoms with Crippen molar-refractivity contribution in [3.8, 4) is 11.1 Å². The molecule has 0 aromatic carbocycles. The Balaban J connectivity index is 1.24. The summed E-state index contributed by atoms with van der Waals surface area (Å²) < 4.78 is 28.7. The molecular weight excluding hydrogens is 450 g/mol. The Morgan fingerprint density at radius 3 is 2.49 bits per heavy atom. The van der Waals surface area contributed by atoms with Gasteiger partial charge in [0.15, 0.2) is 11.5 Å². The smallest absolute Gasteiger partial charge is 0.251 e. The van der Waals surface area contributed by atoms with Crippen molar-refractivity contribution in [3.05, 3.63) is 59.3 Å². The van der Waals surface area contributed by atoms with E-state index in [1.165, 1.54) is 5.56 Å². The van der Waals surface area contributed by atoms with Gasteiger partial charge in [0.05, 0.1) is 0 Å². The van der Waals surface area contributed by atoms with Crippen LogP contribution in [0.4, 0.5) is 20.4 Å². The van der Waals surface area contributed by atoms with Gasteiger partial charge in [-0.25, -0.2) is 13.8 Å². The lowest BCUT2D eigenvalue weighted by molar-refractivity contribution is -0.0221. The number of pyridine rings is 2. The first-order valence-electron chi connectivity index (χ1n) is 11.9. The number of nitrogens with zero attached hydrogens (tertiary/aromatic N) is 8. The molecule has 6 rings (SSSR count). The van der Waals surface area contributed by atoms with Crippen molar-refractivity contribution < 1.29 is 8.78 Å². The quantitative estimate of drug-likeness (QED) is 0.443. The number of aromatic nitrogens is 6. The van der Waals surface area contributed by atoms with Crippen LogP contribution in [0.25, 0.3) is 16.8 Å². The van der Waals surface area contributed by atoms with Gasteiger partial charge in [-0.05, 0) is 37.6 Å². The van der Waals surface area contributed by atoms with Crippen LogP contribution in [0, 0.1) is 13.8 Å². The van der Waals surface area contributed by atoms with Crippen LogP contribution in [0.3, 0.4) is 0 Å². The second-order valence-electron chi connectivity index (χ2n) is 9.42. The van der Waals surface area contributed by atoms with E-state index >= 15 is 0 Å². The highest BCUT2D eigenvalue weighted by molar-refractivity contribution is 5.65. The van der Waals surface area contributed by atoms with Crippen molar-refractivity contribution in [3.63, 3.8) is 0 Å². The predicted octanol–water partition coefficient (Wildman–Crippen LogP) is 4.00. The molecule has 4 aromatic rings. The van der Waals surface area contributed by atoms with Gasteiger partial charge in [-0.3, -0.25) is 4.98 Å². The van der Waals surface area contributed by atoms with E-state index in [9.17, 15) is 8.78 Å². The number of alkyl halides is 2. The Kier molecular flexibility index (Phi) is 5.12. The fourth-order valence-corrected chi connectivity index (χ4v) is 4.93. The van der Waals surface area contributed by atoms with E-state index in [1.807, 2.05) is 30.2 Å². The van der Waals surface area contributed by atoms with E-state index in [1.54, 1.807) is 17.0 Å². The lowest BCUT2D eigenvalue weighted by atomic mass is 10.0. The summed E-state index contributed by atoms with van der Waals surface area (Å²) in [7, 11) is 0. The summed E-state index contributed by atoms with van der Waals surface area (Å²) in [5.41, 5.74) is 7.18. The molecule has 0 aliphatic carbocycles. The summed E-state index contributed by atoms with van der Waals surface area (Å²) >= 11 is 0. The molecule has 0 N–H and O–H groups in total. The van der Waals surface area contributed by atoms with E-state index < -0.39 is 5.92 Å². The zero-order chi connectivity index (χ0) is 24.2. The van der Waals surface area contributed by atoms with Crippen molar-refractivity contribution in [2.75, 3.05) is 29.4 Å². The first-order valence-corrected chi connectivity index (χ1v) is 11.9. The van der Waals surface area contributed by atoms with E-state index in [-0.39, 0.29) is 12.8 Å². The molecule has 6 heterocycles. The van der Waals surface area contributed by atoms with Crippen LogP contribution in [0.15, 0.2) is 36.9 Å². The Bertz CT molecular complexity index is 1390. The molecule has 0 bridgehead atoms. The van der Waals surface area contributed by atoms with Gasteiger partial charge in [-0.15, -0.1) is 15.3 Å². The number of halogens is 2. The van der Waals surface area contributed by atoms with Crippen LogP contribution in [0.5, 0.6) is 0 Å². The SMILES string of the molecule is Cc1c(N2CCc3ncc(-c4ccc(N5CCC(F)(F)CC5)nc4)cc3C2)nn2cnnc2c1C. The van der Waals surface area contributed by atoms with Crippen LogP contribution in [0.2, 0.25) is 0 Å². The predicted molar refractivity (Wildman–Crippen MR) is 129 cm³/mol. The number of anilines is 2. The standard InChI is InChI=1S/C25H26F2N8/c1-16-17(2)24(32-35-15-30-31-23(16)35)34-8-5-21-20(14-34)11-19(13-28-21)18-3-4-22(29-12-18)33-9-6-25(26,27)7-10-33/h3-4,11-13,15H,5-10,14H2,1-2H3. The minimum atomic E-state index is -2.56. The zero-order valence-electron chi connectivity index (χ0n) is 19.7. The summed E-state index contributed by atoms with van der Waals surface area (Å²) in [5, 5.41) is 12.9. The topological polar surface area (TPSA) is 75.3 Å². The zero-order valence-corrected chi connectivity index (χ0v) is 19.7. The largest absolute Gasteiger partial charge is 0.356 e. The van der Waals surface area contributed by atoms with Crippen molar-refractivity contribution in [1.82, 2.24) is 29.8 Å². The van der Waals surface area contributed by atoms with E-state index in [4.69, 9.17) is 10.1 Å². The lowest BCUT2D eigenvalue weighted by Gasteiger charge is -2.32. The Morgan fingerprint density at radius 1 is 0.914 bits per heavy atom. The monoisotopic (exact) mass is 476 g/mol. The van der Waals surface area contributed by atoms with Crippen LogP contribution >= 0.6 is 0 Å². The second-order valence-corrected chi connectivity index (χ2v) is 9.42. The molecule has 0 amide bonds. The first kappa shape index (κ1) is 21.8. The fraction of sp³-hybridized carbons (Fsp3) is 0.400. The summed E-state index contributed by atoms with van der Waals surface area (Å²) in [4.78, 5) is 13.5. The summed E-state index contributed by atoms with van der Waals surface area (Å²) in [6.45, 7) is 6.32. The molecule has 0 spiro atoms. The summed E-state index contributed by atoms with van der Waals surface area (Å²) in [5.74, 6) is -0.889. The van der Waals surface area contributed by atoms with Gasteiger partial charge in [0.2, 0.25) is 0 Å². The van der Waals surface area contributed by atoms with E-state index in [2.05, 4.69) is 33.1 Å². The number of piperidine rings is 1. The van der Waals surface area contributed by atoms with Crippen molar-refractivity contribution >= 4 is 17.3 Å². The van der Waals surface area contributed by atoms with Gasteiger partial charge in [0, 0.05) is 85.8 Å².